The van der Waals surface area contributed by atoms with Crippen LogP contribution in [0.4, 0.5) is 13.2 Å². The van der Waals surface area contributed by atoms with E-state index in [1.807, 2.05) is 0 Å². The first kappa shape index (κ1) is 17.6. The Kier molecular flexibility index (Phi) is 5.91. The number of nitrogens with one attached hydrogen (secondary N) is 1. The van der Waals surface area contributed by atoms with Gasteiger partial charge in [0.05, 0.1) is 0 Å². The van der Waals surface area contributed by atoms with Crippen LogP contribution < -0.4 is 10.1 Å². The minimum absolute atomic E-state index is 0.119. The Balaban J connectivity index is 1.84. The number of amides is 1. The van der Waals surface area contributed by atoms with E-state index in [1.54, 1.807) is 12.1 Å². The first-order valence-corrected chi connectivity index (χ1v) is 7.96. The molecule has 2 rings (SSSR count). The maximum Gasteiger partial charge on any atom is 0.573 e. The zero-order valence-corrected chi connectivity index (χ0v) is 13.2. The van der Waals surface area contributed by atoms with Gasteiger partial charge in [0.1, 0.15) is 5.75 Å². The van der Waals surface area contributed by atoms with Crippen molar-refractivity contribution in [3.63, 3.8) is 0 Å². The Bertz CT molecular complexity index is 523. The zero-order valence-electron chi connectivity index (χ0n) is 13.2. The second kappa shape index (κ2) is 7.70. The van der Waals surface area contributed by atoms with E-state index in [1.165, 1.54) is 12.1 Å². The summed E-state index contributed by atoms with van der Waals surface area (Å²) >= 11 is 0. The fraction of sp³-hybridized carbons (Fsp3) is 0.588. The highest BCUT2D eigenvalue weighted by Crippen LogP contribution is 2.27. The third-order valence-corrected chi connectivity index (χ3v) is 4.20. The molecule has 0 unspecified atom stereocenters. The number of benzene rings is 1. The normalized spacial score (nSPS) is 21.7. The van der Waals surface area contributed by atoms with Gasteiger partial charge in [0.15, 0.2) is 0 Å². The minimum Gasteiger partial charge on any atom is -0.406 e. The zero-order chi connectivity index (χ0) is 16.9. The molecular weight excluding hydrogens is 307 g/mol. The van der Waals surface area contributed by atoms with Crippen molar-refractivity contribution in [1.82, 2.24) is 5.32 Å². The largest absolute Gasteiger partial charge is 0.573 e. The molecule has 0 saturated heterocycles. The maximum absolute atomic E-state index is 12.4. The number of hydrogen-bond donors (Lipinski definition) is 1. The van der Waals surface area contributed by atoms with E-state index < -0.39 is 6.36 Å². The number of hydrogen-bond acceptors (Lipinski definition) is 2. The summed E-state index contributed by atoms with van der Waals surface area (Å²) in [6.07, 6.45) is -0.190. The van der Waals surface area contributed by atoms with Crippen molar-refractivity contribution in [3.8, 4) is 5.75 Å². The van der Waals surface area contributed by atoms with Crippen molar-refractivity contribution in [2.24, 2.45) is 5.92 Å². The van der Waals surface area contributed by atoms with Gasteiger partial charge in [-0.3, -0.25) is 4.79 Å². The van der Waals surface area contributed by atoms with Crippen LogP contribution in [0.25, 0.3) is 0 Å². The second-order valence-electron chi connectivity index (χ2n) is 6.18. The van der Waals surface area contributed by atoms with E-state index >= 15 is 0 Å². The van der Waals surface area contributed by atoms with Crippen LogP contribution in [0.5, 0.6) is 5.75 Å². The Labute approximate surface area is 134 Å². The number of aryl methyl sites for hydroxylation is 1. The monoisotopic (exact) mass is 329 g/mol. The first-order valence-electron chi connectivity index (χ1n) is 7.96. The standard InChI is InChI=1S/C17H22F3NO2/c1-12-6-9-14(10-7-12)21-16(22)11-8-13-4-2-3-5-15(13)23-17(18,19)20/h2-5,12,14H,6-11H2,1H3,(H,21,22). The molecule has 0 radical (unpaired) electrons. The van der Waals surface area contributed by atoms with E-state index in [0.717, 1.165) is 25.7 Å². The lowest BCUT2D eigenvalue weighted by molar-refractivity contribution is -0.274. The third-order valence-electron chi connectivity index (χ3n) is 4.20. The van der Waals surface area contributed by atoms with Crippen LogP contribution in [0.1, 0.15) is 44.6 Å². The molecule has 0 aromatic heterocycles. The third kappa shape index (κ3) is 6.12. The van der Waals surface area contributed by atoms with E-state index in [-0.39, 0.29) is 30.5 Å². The molecule has 1 fully saturated rings. The summed E-state index contributed by atoms with van der Waals surface area (Å²) in [6, 6.07) is 6.13. The summed E-state index contributed by atoms with van der Waals surface area (Å²) in [5.41, 5.74) is 0.386. The minimum atomic E-state index is -4.73. The van der Waals surface area contributed by atoms with Gasteiger partial charge in [0.2, 0.25) is 5.91 Å². The van der Waals surface area contributed by atoms with Gasteiger partial charge in [-0.15, -0.1) is 13.2 Å². The highest BCUT2D eigenvalue weighted by atomic mass is 19.4. The Morgan fingerprint density at radius 1 is 1.22 bits per heavy atom. The molecule has 1 aliphatic carbocycles. The van der Waals surface area contributed by atoms with Crippen LogP contribution in [0.3, 0.4) is 0 Å². The predicted molar refractivity (Wildman–Crippen MR) is 81.0 cm³/mol. The number of alkyl halides is 3. The van der Waals surface area contributed by atoms with Crippen LogP contribution in [0.15, 0.2) is 24.3 Å². The molecule has 0 spiro atoms. The topological polar surface area (TPSA) is 38.3 Å². The van der Waals surface area contributed by atoms with Gasteiger partial charge in [-0.2, -0.15) is 0 Å². The van der Waals surface area contributed by atoms with Gasteiger partial charge in [0, 0.05) is 12.5 Å². The number of carbonyl (C=O) groups is 1. The summed E-state index contributed by atoms with van der Waals surface area (Å²) in [6.45, 7) is 2.20. The van der Waals surface area contributed by atoms with E-state index in [0.29, 0.717) is 11.5 Å². The molecule has 1 aromatic carbocycles. The molecule has 23 heavy (non-hydrogen) atoms. The summed E-state index contributed by atoms with van der Waals surface area (Å²) in [5.74, 6) is 0.347. The molecule has 128 valence electrons. The highest BCUT2D eigenvalue weighted by Gasteiger charge is 2.32. The Hall–Kier alpha value is -1.72. The molecule has 0 atom stereocenters. The number of rotatable bonds is 5. The molecular formula is C17H22F3NO2. The number of carbonyl (C=O) groups excluding carboxylic acids is 1. The Morgan fingerprint density at radius 2 is 1.87 bits per heavy atom. The molecule has 0 aliphatic heterocycles. The lowest BCUT2D eigenvalue weighted by atomic mass is 9.87. The molecule has 1 N–H and O–H groups in total. The van der Waals surface area contributed by atoms with Crippen molar-refractivity contribution in [2.45, 2.75) is 57.9 Å². The van der Waals surface area contributed by atoms with Crippen LogP contribution in [-0.2, 0) is 11.2 Å². The van der Waals surface area contributed by atoms with Crippen molar-refractivity contribution >= 4 is 5.91 Å². The molecule has 3 nitrogen and oxygen atoms in total. The van der Waals surface area contributed by atoms with Crippen LogP contribution in [0, 0.1) is 5.92 Å². The number of ether oxygens (including phenoxy) is 1. The molecule has 1 aromatic rings. The SMILES string of the molecule is CC1CCC(NC(=O)CCc2ccccc2OC(F)(F)F)CC1. The van der Waals surface area contributed by atoms with Crippen molar-refractivity contribution in [1.29, 1.82) is 0 Å². The fourth-order valence-corrected chi connectivity index (χ4v) is 2.89. The maximum atomic E-state index is 12.4. The van der Waals surface area contributed by atoms with Gasteiger partial charge in [-0.05, 0) is 49.7 Å². The van der Waals surface area contributed by atoms with Gasteiger partial charge >= 0.3 is 6.36 Å². The summed E-state index contributed by atoms with van der Waals surface area (Å²) in [4.78, 5) is 12.0. The number of halogens is 3. The van der Waals surface area contributed by atoms with Crippen molar-refractivity contribution in [2.75, 3.05) is 0 Å². The molecule has 0 bridgehead atoms. The van der Waals surface area contributed by atoms with Crippen molar-refractivity contribution < 1.29 is 22.7 Å². The average Bonchev–Trinajstić information content (AvgIpc) is 2.47. The smallest absolute Gasteiger partial charge is 0.406 e. The molecule has 0 heterocycles. The van der Waals surface area contributed by atoms with Crippen molar-refractivity contribution in [3.05, 3.63) is 29.8 Å². The van der Waals surface area contributed by atoms with Gasteiger partial charge in [-0.1, -0.05) is 25.1 Å². The molecule has 1 aliphatic rings. The van der Waals surface area contributed by atoms with E-state index in [4.69, 9.17) is 0 Å². The molecule has 1 amide bonds. The molecule has 1 saturated carbocycles. The number of para-hydroxylation sites is 1. The fourth-order valence-electron chi connectivity index (χ4n) is 2.89. The van der Waals surface area contributed by atoms with Crippen LogP contribution in [-0.4, -0.2) is 18.3 Å². The highest BCUT2D eigenvalue weighted by molar-refractivity contribution is 5.76. The van der Waals surface area contributed by atoms with Gasteiger partial charge in [0.25, 0.3) is 0 Å². The van der Waals surface area contributed by atoms with E-state index in [2.05, 4.69) is 17.0 Å². The van der Waals surface area contributed by atoms with Gasteiger partial charge in [-0.25, -0.2) is 0 Å². The predicted octanol–water partition coefficient (Wildman–Crippen LogP) is 4.21. The average molecular weight is 329 g/mol. The van der Waals surface area contributed by atoms with Crippen LogP contribution in [0.2, 0.25) is 0 Å². The first-order chi connectivity index (χ1) is 10.8. The Morgan fingerprint density at radius 3 is 2.52 bits per heavy atom. The molecule has 6 heteroatoms. The lowest BCUT2D eigenvalue weighted by Gasteiger charge is -2.26. The second-order valence-corrected chi connectivity index (χ2v) is 6.18. The van der Waals surface area contributed by atoms with E-state index in [9.17, 15) is 18.0 Å². The van der Waals surface area contributed by atoms with Gasteiger partial charge < -0.3 is 10.1 Å². The summed E-state index contributed by atoms with van der Waals surface area (Å²) in [7, 11) is 0. The van der Waals surface area contributed by atoms with Crippen LogP contribution >= 0.6 is 0 Å². The quantitative estimate of drug-likeness (QED) is 0.879. The summed E-state index contributed by atoms with van der Waals surface area (Å²) in [5, 5.41) is 2.98. The summed E-state index contributed by atoms with van der Waals surface area (Å²) < 4.78 is 41.1. The lowest BCUT2D eigenvalue weighted by Crippen LogP contribution is -2.37.